The molecule has 0 aliphatic carbocycles. The molecule has 2 aromatic carbocycles. The second kappa shape index (κ2) is 7.83. The van der Waals surface area contributed by atoms with Gasteiger partial charge >= 0.3 is 0 Å². The third-order valence-corrected chi connectivity index (χ3v) is 2.98. The Morgan fingerprint density at radius 1 is 1.09 bits per heavy atom. The fraction of sp³-hybridized carbons (Fsp3) is 0.176. The van der Waals surface area contributed by atoms with E-state index in [-0.39, 0.29) is 5.91 Å². The number of hydrazone groups is 1. The summed E-state index contributed by atoms with van der Waals surface area (Å²) in [5, 5.41) is 3.95. The van der Waals surface area contributed by atoms with E-state index in [0.29, 0.717) is 17.9 Å². The summed E-state index contributed by atoms with van der Waals surface area (Å²) in [5.74, 6) is 1.16. The van der Waals surface area contributed by atoms with Gasteiger partial charge in [0.25, 0.3) is 0 Å². The van der Waals surface area contributed by atoms with E-state index >= 15 is 0 Å². The summed E-state index contributed by atoms with van der Waals surface area (Å²) < 4.78 is 10.3. The third-order valence-electron chi connectivity index (χ3n) is 2.98. The molecule has 0 atom stereocenters. The summed E-state index contributed by atoms with van der Waals surface area (Å²) in [6, 6.07) is 14.9. The van der Waals surface area contributed by atoms with Crippen LogP contribution in [-0.4, -0.2) is 26.3 Å². The summed E-state index contributed by atoms with van der Waals surface area (Å²) in [4.78, 5) is 11.8. The van der Waals surface area contributed by atoms with Gasteiger partial charge in [0.05, 0.1) is 26.9 Å². The molecule has 1 amide bonds. The maximum Gasteiger partial charge on any atom is 0.244 e. The number of benzene rings is 2. The van der Waals surface area contributed by atoms with Crippen LogP contribution in [0.4, 0.5) is 0 Å². The van der Waals surface area contributed by atoms with Crippen molar-refractivity contribution in [1.82, 2.24) is 5.43 Å². The van der Waals surface area contributed by atoms with E-state index in [9.17, 15) is 4.79 Å². The van der Waals surface area contributed by atoms with Crippen LogP contribution in [0.25, 0.3) is 0 Å². The number of rotatable bonds is 6. The van der Waals surface area contributed by atoms with E-state index in [1.165, 1.54) is 0 Å². The minimum atomic E-state index is -0.169. The topological polar surface area (TPSA) is 59.9 Å². The normalized spacial score (nSPS) is 10.5. The average Bonchev–Trinajstić information content (AvgIpc) is 2.55. The quantitative estimate of drug-likeness (QED) is 0.658. The van der Waals surface area contributed by atoms with Crippen LogP contribution in [0.1, 0.15) is 11.1 Å². The molecule has 5 heteroatoms. The molecule has 1 N–H and O–H groups in total. The van der Waals surface area contributed by atoms with Crippen molar-refractivity contribution in [2.45, 2.75) is 6.42 Å². The zero-order valence-electron chi connectivity index (χ0n) is 12.6. The molecule has 2 rings (SSSR count). The number of carbonyl (C=O) groups is 1. The molecule has 0 aliphatic rings. The van der Waals surface area contributed by atoms with E-state index in [2.05, 4.69) is 10.5 Å². The highest BCUT2D eigenvalue weighted by Gasteiger charge is 2.02. The first-order chi connectivity index (χ1) is 10.7. The molecule has 2 aromatic rings. The predicted molar refractivity (Wildman–Crippen MR) is 85.4 cm³/mol. The van der Waals surface area contributed by atoms with Crippen molar-refractivity contribution in [3.05, 3.63) is 59.7 Å². The first kappa shape index (κ1) is 15.6. The Labute approximate surface area is 129 Å². The molecule has 0 heterocycles. The Balaban J connectivity index is 1.96. The largest absolute Gasteiger partial charge is 0.497 e. The van der Waals surface area contributed by atoms with Gasteiger partial charge in [0.15, 0.2) is 0 Å². The van der Waals surface area contributed by atoms with Gasteiger partial charge in [-0.05, 0) is 17.7 Å². The lowest BCUT2D eigenvalue weighted by atomic mass is 10.1. The number of nitrogens with zero attached hydrogens (tertiary/aromatic N) is 1. The molecule has 0 saturated carbocycles. The summed E-state index contributed by atoms with van der Waals surface area (Å²) in [7, 11) is 3.16. The molecule has 0 aromatic heterocycles. The predicted octanol–water partition coefficient (Wildman–Crippen LogP) is 2.40. The van der Waals surface area contributed by atoms with E-state index in [4.69, 9.17) is 9.47 Å². The van der Waals surface area contributed by atoms with Crippen molar-refractivity contribution in [2.24, 2.45) is 5.10 Å². The zero-order valence-corrected chi connectivity index (χ0v) is 12.6. The highest BCUT2D eigenvalue weighted by atomic mass is 16.5. The smallest absolute Gasteiger partial charge is 0.244 e. The van der Waals surface area contributed by atoms with Crippen molar-refractivity contribution in [3.8, 4) is 11.5 Å². The Morgan fingerprint density at radius 3 is 2.32 bits per heavy atom. The lowest BCUT2D eigenvalue weighted by molar-refractivity contribution is -0.120. The maximum atomic E-state index is 11.8. The summed E-state index contributed by atoms with van der Waals surface area (Å²) in [5.41, 5.74) is 4.22. The van der Waals surface area contributed by atoms with Crippen LogP contribution < -0.4 is 14.9 Å². The minimum absolute atomic E-state index is 0.169. The van der Waals surface area contributed by atoms with Crippen LogP contribution in [0.15, 0.2) is 53.6 Å². The molecule has 0 bridgehead atoms. The van der Waals surface area contributed by atoms with Crippen LogP contribution in [0.2, 0.25) is 0 Å². The van der Waals surface area contributed by atoms with Gasteiger partial charge in [0.1, 0.15) is 11.5 Å². The van der Waals surface area contributed by atoms with Gasteiger partial charge in [-0.25, -0.2) is 5.43 Å². The van der Waals surface area contributed by atoms with Gasteiger partial charge in [-0.3, -0.25) is 4.79 Å². The van der Waals surface area contributed by atoms with Gasteiger partial charge in [0, 0.05) is 11.6 Å². The molecule has 114 valence electrons. The molecular weight excluding hydrogens is 280 g/mol. The Hall–Kier alpha value is -2.82. The molecule has 0 fully saturated rings. The molecule has 0 radical (unpaired) electrons. The van der Waals surface area contributed by atoms with Crippen molar-refractivity contribution >= 4 is 12.1 Å². The third kappa shape index (κ3) is 4.63. The summed E-state index contributed by atoms with van der Waals surface area (Å²) in [6.07, 6.45) is 1.84. The monoisotopic (exact) mass is 298 g/mol. The van der Waals surface area contributed by atoms with E-state index in [1.807, 2.05) is 30.3 Å². The highest BCUT2D eigenvalue weighted by molar-refractivity contribution is 5.84. The van der Waals surface area contributed by atoms with Gasteiger partial charge in [0.2, 0.25) is 5.91 Å². The van der Waals surface area contributed by atoms with Crippen LogP contribution in [-0.2, 0) is 11.2 Å². The highest BCUT2D eigenvalue weighted by Crippen LogP contribution is 2.21. The number of amides is 1. The summed E-state index contributed by atoms with van der Waals surface area (Å²) in [6.45, 7) is 0. The Morgan fingerprint density at radius 2 is 1.73 bits per heavy atom. The number of hydrogen-bond acceptors (Lipinski definition) is 4. The number of methoxy groups -OCH3 is 2. The maximum absolute atomic E-state index is 11.8. The van der Waals surface area contributed by atoms with Crippen LogP contribution in [0.5, 0.6) is 11.5 Å². The van der Waals surface area contributed by atoms with Crippen LogP contribution in [0, 0.1) is 0 Å². The number of nitrogens with one attached hydrogen (secondary N) is 1. The fourth-order valence-corrected chi connectivity index (χ4v) is 1.90. The second-order valence-electron chi connectivity index (χ2n) is 4.60. The molecule has 0 unspecified atom stereocenters. The fourth-order valence-electron chi connectivity index (χ4n) is 1.90. The number of ether oxygens (including phenoxy) is 2. The Kier molecular flexibility index (Phi) is 5.54. The molecule has 0 spiro atoms. The van der Waals surface area contributed by atoms with E-state index in [0.717, 1.165) is 11.1 Å². The van der Waals surface area contributed by atoms with Gasteiger partial charge < -0.3 is 9.47 Å². The van der Waals surface area contributed by atoms with Crippen molar-refractivity contribution < 1.29 is 14.3 Å². The number of carbonyl (C=O) groups excluding carboxylic acids is 1. The van der Waals surface area contributed by atoms with E-state index < -0.39 is 0 Å². The van der Waals surface area contributed by atoms with Crippen molar-refractivity contribution in [3.63, 3.8) is 0 Å². The van der Waals surface area contributed by atoms with Gasteiger partial charge in [-0.2, -0.15) is 5.10 Å². The summed E-state index contributed by atoms with van der Waals surface area (Å²) >= 11 is 0. The minimum Gasteiger partial charge on any atom is -0.497 e. The van der Waals surface area contributed by atoms with E-state index in [1.54, 1.807) is 38.6 Å². The average molecular weight is 298 g/mol. The Bertz CT molecular complexity index is 632. The zero-order chi connectivity index (χ0) is 15.8. The van der Waals surface area contributed by atoms with Crippen LogP contribution >= 0.6 is 0 Å². The SMILES string of the molecule is COc1cc(/C=N\NC(=O)Cc2ccccc2)cc(OC)c1. The first-order valence-corrected chi connectivity index (χ1v) is 6.80. The first-order valence-electron chi connectivity index (χ1n) is 6.80. The van der Waals surface area contributed by atoms with Gasteiger partial charge in [-0.15, -0.1) is 0 Å². The lowest BCUT2D eigenvalue weighted by Crippen LogP contribution is -2.19. The molecule has 0 aliphatic heterocycles. The second-order valence-corrected chi connectivity index (χ2v) is 4.60. The van der Waals surface area contributed by atoms with Crippen molar-refractivity contribution in [2.75, 3.05) is 14.2 Å². The molecule has 5 nitrogen and oxygen atoms in total. The standard InChI is InChI=1S/C17H18N2O3/c1-21-15-8-14(9-16(11-15)22-2)12-18-19-17(20)10-13-6-4-3-5-7-13/h3-9,11-12H,10H2,1-2H3,(H,19,20)/b18-12-. The van der Waals surface area contributed by atoms with Gasteiger partial charge in [-0.1, -0.05) is 30.3 Å². The van der Waals surface area contributed by atoms with Crippen LogP contribution in [0.3, 0.4) is 0 Å². The number of hydrogen-bond donors (Lipinski definition) is 1. The molecule has 0 saturated heterocycles. The molecular formula is C17H18N2O3. The molecule has 22 heavy (non-hydrogen) atoms. The van der Waals surface area contributed by atoms with Crippen molar-refractivity contribution in [1.29, 1.82) is 0 Å². The lowest BCUT2D eigenvalue weighted by Gasteiger charge is -2.05.